The lowest BCUT2D eigenvalue weighted by Gasteiger charge is -1.98. The fraction of sp³-hybridized carbons (Fsp3) is 0.154. The first kappa shape index (κ1) is 14.8. The minimum absolute atomic E-state index is 0.0585. The molecule has 0 unspecified atom stereocenters. The molecule has 0 saturated carbocycles. The van der Waals surface area contributed by atoms with Gasteiger partial charge in [0.15, 0.2) is 0 Å². The molecule has 0 radical (unpaired) electrons. The van der Waals surface area contributed by atoms with Gasteiger partial charge in [-0.25, -0.2) is 5.43 Å². The number of nitrogens with one attached hydrogen (secondary N) is 1. The van der Waals surface area contributed by atoms with Gasteiger partial charge in [0, 0.05) is 18.5 Å². The molecule has 0 aliphatic rings. The Morgan fingerprint density at radius 1 is 1.62 bits per heavy atom. The van der Waals surface area contributed by atoms with Crippen molar-refractivity contribution in [1.29, 1.82) is 0 Å². The predicted octanol–water partition coefficient (Wildman–Crippen LogP) is 2.05. The van der Waals surface area contributed by atoms with Crippen LogP contribution >= 0.6 is 11.3 Å². The molecule has 0 aromatic carbocycles. The molecular weight excluding hydrogens is 292 g/mol. The van der Waals surface area contributed by atoms with Gasteiger partial charge in [-0.05, 0) is 18.6 Å². The number of thiophene rings is 1. The van der Waals surface area contributed by atoms with Gasteiger partial charge in [0.1, 0.15) is 0 Å². The monoisotopic (exact) mass is 304 g/mol. The van der Waals surface area contributed by atoms with Crippen LogP contribution in [0.1, 0.15) is 15.3 Å². The maximum Gasteiger partial charge on any atom is 0.283 e. The van der Waals surface area contributed by atoms with Crippen molar-refractivity contribution >= 4 is 29.1 Å². The molecule has 1 amide bonds. The third kappa shape index (κ3) is 4.18. The van der Waals surface area contributed by atoms with E-state index in [2.05, 4.69) is 15.5 Å². The number of aromatic nitrogens is 1. The molecule has 2 heterocycles. The molecule has 1 N–H and O–H groups in total. The van der Waals surface area contributed by atoms with Crippen molar-refractivity contribution in [3.8, 4) is 0 Å². The number of carbonyl (C=O) groups is 1. The number of amides is 1. The number of rotatable bonds is 5. The van der Waals surface area contributed by atoms with Crippen LogP contribution in [0.15, 0.2) is 35.7 Å². The molecule has 0 atom stereocenters. The number of nitro groups is 1. The number of aryl methyl sites for hydroxylation is 1. The standard InChI is InChI=1S/C13H12N4O3S/c1-9-12(17(19)20)6-11(21-9)8-15-16-13(18)5-10-3-2-4-14-7-10/h2-4,6-8H,5H2,1H3,(H,16,18)/b15-8+. The van der Waals surface area contributed by atoms with Crippen molar-refractivity contribution in [2.45, 2.75) is 13.3 Å². The van der Waals surface area contributed by atoms with Crippen LogP contribution in [0.4, 0.5) is 5.69 Å². The summed E-state index contributed by atoms with van der Waals surface area (Å²) in [6.07, 6.45) is 4.81. The lowest BCUT2D eigenvalue weighted by Crippen LogP contribution is -2.19. The number of hydrogen-bond donors (Lipinski definition) is 1. The van der Waals surface area contributed by atoms with Crippen LogP contribution in [0, 0.1) is 17.0 Å². The number of pyridine rings is 1. The zero-order valence-electron chi connectivity index (χ0n) is 11.1. The molecule has 7 nitrogen and oxygen atoms in total. The fourth-order valence-corrected chi connectivity index (χ4v) is 2.50. The number of carbonyl (C=O) groups excluding carboxylic acids is 1. The number of hydrogen-bond acceptors (Lipinski definition) is 6. The second-order valence-corrected chi connectivity index (χ2v) is 5.47. The van der Waals surface area contributed by atoms with Gasteiger partial charge >= 0.3 is 0 Å². The van der Waals surface area contributed by atoms with E-state index in [1.165, 1.54) is 23.6 Å². The van der Waals surface area contributed by atoms with Gasteiger partial charge in [0.05, 0.1) is 27.3 Å². The molecule has 8 heteroatoms. The van der Waals surface area contributed by atoms with Gasteiger partial charge < -0.3 is 0 Å². The zero-order chi connectivity index (χ0) is 15.2. The van der Waals surface area contributed by atoms with Crippen molar-refractivity contribution < 1.29 is 9.72 Å². The Hall–Kier alpha value is -2.61. The Kier molecular flexibility index (Phi) is 4.72. The normalized spacial score (nSPS) is 10.7. The highest BCUT2D eigenvalue weighted by Gasteiger charge is 2.14. The minimum Gasteiger partial charge on any atom is -0.273 e. The second kappa shape index (κ2) is 6.71. The van der Waals surface area contributed by atoms with Crippen molar-refractivity contribution in [3.63, 3.8) is 0 Å². The van der Waals surface area contributed by atoms with E-state index in [0.29, 0.717) is 9.75 Å². The molecule has 2 aromatic heterocycles. The van der Waals surface area contributed by atoms with E-state index >= 15 is 0 Å². The molecule has 0 saturated heterocycles. The maximum atomic E-state index is 11.6. The Morgan fingerprint density at radius 3 is 3.05 bits per heavy atom. The highest BCUT2D eigenvalue weighted by Crippen LogP contribution is 2.26. The van der Waals surface area contributed by atoms with Crippen molar-refractivity contribution in [2.24, 2.45) is 5.10 Å². The van der Waals surface area contributed by atoms with E-state index in [4.69, 9.17) is 0 Å². The SMILES string of the molecule is Cc1sc(/C=N/NC(=O)Cc2cccnc2)cc1[N+](=O)[O-]. The summed E-state index contributed by atoms with van der Waals surface area (Å²) in [7, 11) is 0. The molecule has 0 spiro atoms. The first-order valence-electron chi connectivity index (χ1n) is 6.02. The van der Waals surface area contributed by atoms with Crippen LogP contribution in [0.3, 0.4) is 0 Å². The third-order valence-electron chi connectivity index (χ3n) is 2.58. The summed E-state index contributed by atoms with van der Waals surface area (Å²) in [6, 6.07) is 4.97. The van der Waals surface area contributed by atoms with Crippen LogP contribution in [0.5, 0.6) is 0 Å². The number of hydrazone groups is 1. The summed E-state index contributed by atoms with van der Waals surface area (Å²) < 4.78 is 0. The van der Waals surface area contributed by atoms with E-state index in [0.717, 1.165) is 5.56 Å². The topological polar surface area (TPSA) is 97.5 Å². The number of nitrogens with zero attached hydrogens (tertiary/aromatic N) is 3. The molecule has 108 valence electrons. The molecule has 0 fully saturated rings. The van der Waals surface area contributed by atoms with Gasteiger partial charge in [0.25, 0.3) is 5.69 Å². The Bertz CT molecular complexity index is 682. The van der Waals surface area contributed by atoms with E-state index in [1.807, 2.05) is 0 Å². The van der Waals surface area contributed by atoms with Crippen LogP contribution in [0.25, 0.3) is 0 Å². The summed E-state index contributed by atoms with van der Waals surface area (Å²) >= 11 is 1.25. The second-order valence-electron chi connectivity index (χ2n) is 4.18. The summed E-state index contributed by atoms with van der Waals surface area (Å²) in [5.41, 5.74) is 3.22. The van der Waals surface area contributed by atoms with Gasteiger partial charge in [0.2, 0.25) is 5.91 Å². The summed E-state index contributed by atoms with van der Waals surface area (Å²) in [5.74, 6) is -0.276. The van der Waals surface area contributed by atoms with Crippen LogP contribution < -0.4 is 5.43 Å². The Morgan fingerprint density at radius 2 is 2.43 bits per heavy atom. The van der Waals surface area contributed by atoms with Crippen molar-refractivity contribution in [3.05, 3.63) is 56.0 Å². The first-order chi connectivity index (χ1) is 10.1. The van der Waals surface area contributed by atoms with E-state index in [9.17, 15) is 14.9 Å². The molecule has 2 rings (SSSR count). The predicted molar refractivity (Wildman–Crippen MR) is 79.4 cm³/mol. The largest absolute Gasteiger partial charge is 0.283 e. The molecular formula is C13H12N4O3S. The quantitative estimate of drug-likeness (QED) is 0.519. The fourth-order valence-electron chi connectivity index (χ4n) is 1.64. The Labute approximate surface area is 124 Å². The summed E-state index contributed by atoms with van der Waals surface area (Å²) in [5, 5.41) is 14.5. The van der Waals surface area contributed by atoms with E-state index in [1.54, 1.807) is 31.5 Å². The van der Waals surface area contributed by atoms with Gasteiger partial charge in [-0.1, -0.05) is 6.07 Å². The van der Waals surface area contributed by atoms with Crippen LogP contribution in [-0.4, -0.2) is 22.0 Å². The van der Waals surface area contributed by atoms with Crippen molar-refractivity contribution in [2.75, 3.05) is 0 Å². The zero-order valence-corrected chi connectivity index (χ0v) is 12.0. The lowest BCUT2D eigenvalue weighted by molar-refractivity contribution is -0.385. The average molecular weight is 304 g/mol. The van der Waals surface area contributed by atoms with Crippen LogP contribution in [-0.2, 0) is 11.2 Å². The first-order valence-corrected chi connectivity index (χ1v) is 6.83. The lowest BCUT2D eigenvalue weighted by atomic mass is 10.2. The highest BCUT2D eigenvalue weighted by atomic mass is 32.1. The van der Waals surface area contributed by atoms with Gasteiger partial charge in [-0.3, -0.25) is 19.9 Å². The van der Waals surface area contributed by atoms with Crippen molar-refractivity contribution in [1.82, 2.24) is 10.4 Å². The van der Waals surface area contributed by atoms with E-state index in [-0.39, 0.29) is 18.0 Å². The maximum absolute atomic E-state index is 11.6. The smallest absolute Gasteiger partial charge is 0.273 e. The van der Waals surface area contributed by atoms with Gasteiger partial charge in [-0.15, -0.1) is 11.3 Å². The highest BCUT2D eigenvalue weighted by molar-refractivity contribution is 7.14. The minimum atomic E-state index is -0.440. The average Bonchev–Trinajstić information content (AvgIpc) is 2.81. The third-order valence-corrected chi connectivity index (χ3v) is 3.55. The molecule has 2 aromatic rings. The summed E-state index contributed by atoms with van der Waals surface area (Å²) in [6.45, 7) is 1.67. The summed E-state index contributed by atoms with van der Waals surface area (Å²) in [4.78, 5) is 27.0. The molecule has 0 bridgehead atoms. The molecule has 0 aliphatic heterocycles. The van der Waals surface area contributed by atoms with Crippen LogP contribution in [0.2, 0.25) is 0 Å². The molecule has 0 aliphatic carbocycles. The van der Waals surface area contributed by atoms with Gasteiger partial charge in [-0.2, -0.15) is 5.10 Å². The Balaban J connectivity index is 1.92. The van der Waals surface area contributed by atoms with E-state index < -0.39 is 4.92 Å². The molecule has 21 heavy (non-hydrogen) atoms.